The largest absolute Gasteiger partial charge is 0.482 e. The summed E-state index contributed by atoms with van der Waals surface area (Å²) in [7, 11) is 0. The first kappa shape index (κ1) is 23.9. The number of ether oxygens (including phenoxy) is 1. The highest BCUT2D eigenvalue weighted by atomic mass is 35.5. The van der Waals surface area contributed by atoms with E-state index in [0.29, 0.717) is 28.9 Å². The van der Waals surface area contributed by atoms with Crippen molar-refractivity contribution in [2.75, 3.05) is 36.9 Å². The molecule has 0 bridgehead atoms. The van der Waals surface area contributed by atoms with Gasteiger partial charge in [0, 0.05) is 30.4 Å². The quantitative estimate of drug-likeness (QED) is 0.320. The van der Waals surface area contributed by atoms with Gasteiger partial charge in [-0.25, -0.2) is 14.6 Å². The van der Waals surface area contributed by atoms with E-state index in [1.165, 1.54) is 12.8 Å². The molecule has 1 aliphatic rings. The number of rotatable bonds is 10. The van der Waals surface area contributed by atoms with Crippen molar-refractivity contribution < 1.29 is 9.53 Å². The van der Waals surface area contributed by atoms with Gasteiger partial charge in [0.25, 0.3) is 5.91 Å². The number of anilines is 1. The number of hydrogen-bond donors (Lipinski definition) is 1. The van der Waals surface area contributed by atoms with Gasteiger partial charge in [0.05, 0.1) is 23.2 Å². The highest BCUT2D eigenvalue weighted by molar-refractivity contribution is 7.99. The van der Waals surface area contributed by atoms with Crippen molar-refractivity contribution in [3.05, 3.63) is 34.4 Å². The molecule has 4 rings (SSSR count). The van der Waals surface area contributed by atoms with Crippen molar-refractivity contribution in [3.63, 3.8) is 0 Å². The van der Waals surface area contributed by atoms with Crippen LogP contribution in [0.25, 0.3) is 11.0 Å². The molecule has 1 amide bonds. The number of hydrogen-bond acceptors (Lipinski definition) is 7. The summed E-state index contributed by atoms with van der Waals surface area (Å²) in [5.41, 5.74) is 0.795. The molecule has 3 aromatic rings. The lowest BCUT2D eigenvalue weighted by atomic mass is 10.3. The number of nitrogens with zero attached hydrogens (tertiary/aromatic N) is 5. The monoisotopic (exact) mass is 508 g/mol. The van der Waals surface area contributed by atoms with Gasteiger partial charge >= 0.3 is 0 Å². The minimum Gasteiger partial charge on any atom is -0.482 e. The van der Waals surface area contributed by atoms with Crippen LogP contribution in [-0.4, -0.2) is 57.6 Å². The Morgan fingerprint density at radius 1 is 1.24 bits per heavy atom. The van der Waals surface area contributed by atoms with Crippen molar-refractivity contribution in [2.45, 2.75) is 37.9 Å². The Balaban J connectivity index is 1.39. The number of amides is 1. The summed E-state index contributed by atoms with van der Waals surface area (Å²) >= 11 is 13.6. The SMILES string of the molecule is CCCSc1nc(N2CCCC2)c2cnn(CCNC(=O)COc3ccc(Cl)cc3Cl)c2n1. The van der Waals surface area contributed by atoms with E-state index in [0.717, 1.165) is 47.3 Å². The Hall–Kier alpha value is -2.23. The van der Waals surface area contributed by atoms with E-state index in [-0.39, 0.29) is 12.5 Å². The van der Waals surface area contributed by atoms with Gasteiger partial charge in [0.2, 0.25) is 0 Å². The molecule has 0 radical (unpaired) electrons. The lowest BCUT2D eigenvalue weighted by Gasteiger charge is -2.18. The smallest absolute Gasteiger partial charge is 0.258 e. The van der Waals surface area contributed by atoms with Crippen LogP contribution in [0.4, 0.5) is 5.82 Å². The Morgan fingerprint density at radius 3 is 2.82 bits per heavy atom. The van der Waals surface area contributed by atoms with E-state index in [2.05, 4.69) is 22.2 Å². The second-order valence-corrected chi connectivity index (χ2v) is 9.60. The second kappa shape index (κ2) is 11.3. The predicted octanol–water partition coefficient (Wildman–Crippen LogP) is 4.43. The number of carbonyl (C=O) groups excluding carboxylic acids is 1. The maximum atomic E-state index is 12.2. The minimum atomic E-state index is -0.246. The summed E-state index contributed by atoms with van der Waals surface area (Å²) in [5, 5.41) is 9.97. The topological polar surface area (TPSA) is 85.2 Å². The van der Waals surface area contributed by atoms with Crippen LogP contribution >= 0.6 is 35.0 Å². The van der Waals surface area contributed by atoms with Gasteiger partial charge in [-0.3, -0.25) is 4.79 Å². The maximum Gasteiger partial charge on any atom is 0.258 e. The molecule has 0 atom stereocenters. The van der Waals surface area contributed by atoms with Gasteiger partial charge < -0.3 is 15.0 Å². The van der Waals surface area contributed by atoms with Gasteiger partial charge in [-0.05, 0) is 37.5 Å². The number of carbonyl (C=O) groups is 1. The molecular formula is C22H26Cl2N6O2S. The van der Waals surface area contributed by atoms with Gasteiger partial charge in [-0.15, -0.1) is 0 Å². The van der Waals surface area contributed by atoms with Crippen LogP contribution in [0.2, 0.25) is 10.0 Å². The molecule has 0 spiro atoms. The van der Waals surface area contributed by atoms with Crippen LogP contribution in [0.5, 0.6) is 5.75 Å². The molecule has 1 N–H and O–H groups in total. The Kier molecular flexibility index (Phi) is 8.16. The highest BCUT2D eigenvalue weighted by Gasteiger charge is 2.21. The average molecular weight is 509 g/mol. The molecule has 3 heterocycles. The van der Waals surface area contributed by atoms with Crippen molar-refractivity contribution in [1.82, 2.24) is 25.1 Å². The zero-order valence-electron chi connectivity index (χ0n) is 18.4. The Bertz CT molecular complexity index is 1120. The molecule has 33 heavy (non-hydrogen) atoms. The van der Waals surface area contributed by atoms with E-state index in [1.54, 1.807) is 30.0 Å². The molecule has 2 aromatic heterocycles. The fraction of sp³-hybridized carbons (Fsp3) is 0.455. The molecule has 0 aliphatic carbocycles. The van der Waals surface area contributed by atoms with Crippen molar-refractivity contribution >= 4 is 57.7 Å². The molecule has 176 valence electrons. The first-order chi connectivity index (χ1) is 16.0. The first-order valence-electron chi connectivity index (χ1n) is 11.0. The van der Waals surface area contributed by atoms with Gasteiger partial charge in [0.1, 0.15) is 11.6 Å². The predicted molar refractivity (Wildman–Crippen MR) is 133 cm³/mol. The lowest BCUT2D eigenvalue weighted by Crippen LogP contribution is -2.31. The summed E-state index contributed by atoms with van der Waals surface area (Å²) in [6, 6.07) is 4.87. The third-order valence-corrected chi connectivity index (χ3v) is 6.78. The van der Waals surface area contributed by atoms with Crippen LogP contribution in [0.1, 0.15) is 26.2 Å². The Labute approximate surface area is 207 Å². The van der Waals surface area contributed by atoms with Gasteiger partial charge in [0.15, 0.2) is 17.4 Å². The standard InChI is InChI=1S/C22H26Cl2N6O2S/c1-2-11-33-22-27-20(29-8-3-4-9-29)16-13-26-30(21(16)28-22)10-7-25-19(31)14-32-18-6-5-15(23)12-17(18)24/h5-6,12-13H,2-4,7-11,14H2,1H3,(H,25,31). The zero-order chi connectivity index (χ0) is 23.2. The van der Waals surface area contributed by atoms with E-state index in [9.17, 15) is 4.79 Å². The summed E-state index contributed by atoms with van der Waals surface area (Å²) in [6.45, 7) is 4.90. The fourth-order valence-corrected chi connectivity index (χ4v) is 4.75. The van der Waals surface area contributed by atoms with E-state index >= 15 is 0 Å². The molecule has 11 heteroatoms. The first-order valence-corrected chi connectivity index (χ1v) is 12.7. The average Bonchev–Trinajstić information content (AvgIpc) is 3.47. The van der Waals surface area contributed by atoms with Gasteiger partial charge in [-0.2, -0.15) is 5.10 Å². The highest BCUT2D eigenvalue weighted by Crippen LogP contribution is 2.30. The van der Waals surface area contributed by atoms with Crippen LogP contribution in [0.15, 0.2) is 29.6 Å². The van der Waals surface area contributed by atoms with Crippen molar-refractivity contribution in [2.24, 2.45) is 0 Å². The minimum absolute atomic E-state index is 0.139. The summed E-state index contributed by atoms with van der Waals surface area (Å²) < 4.78 is 7.31. The maximum absolute atomic E-state index is 12.2. The molecule has 0 saturated carbocycles. The normalized spacial score (nSPS) is 13.6. The molecule has 1 saturated heterocycles. The lowest BCUT2D eigenvalue weighted by molar-refractivity contribution is -0.123. The van der Waals surface area contributed by atoms with Crippen LogP contribution < -0.4 is 15.0 Å². The van der Waals surface area contributed by atoms with Crippen molar-refractivity contribution in [3.8, 4) is 5.75 Å². The summed E-state index contributed by atoms with van der Waals surface area (Å²) in [4.78, 5) is 24.1. The summed E-state index contributed by atoms with van der Waals surface area (Å²) in [5.74, 6) is 2.09. The third kappa shape index (κ3) is 6.02. The Morgan fingerprint density at radius 2 is 2.06 bits per heavy atom. The molecule has 1 aliphatic heterocycles. The number of benzene rings is 1. The number of aromatic nitrogens is 4. The van der Waals surface area contributed by atoms with E-state index in [4.69, 9.17) is 37.9 Å². The molecule has 1 fully saturated rings. The third-order valence-electron chi connectivity index (χ3n) is 5.19. The number of fused-ring (bicyclic) bond motifs is 1. The molecule has 8 nitrogen and oxygen atoms in total. The fourth-order valence-electron chi connectivity index (χ4n) is 3.60. The molecule has 0 unspecified atom stereocenters. The van der Waals surface area contributed by atoms with Crippen LogP contribution in [0.3, 0.4) is 0 Å². The van der Waals surface area contributed by atoms with E-state index in [1.807, 2.05) is 10.9 Å². The molecule has 1 aromatic carbocycles. The molecular weight excluding hydrogens is 483 g/mol. The number of thioether (sulfide) groups is 1. The second-order valence-electron chi connectivity index (χ2n) is 7.69. The van der Waals surface area contributed by atoms with Gasteiger partial charge in [-0.1, -0.05) is 41.9 Å². The van der Waals surface area contributed by atoms with E-state index < -0.39 is 0 Å². The van der Waals surface area contributed by atoms with Crippen LogP contribution in [0, 0.1) is 0 Å². The zero-order valence-corrected chi connectivity index (χ0v) is 20.7. The summed E-state index contributed by atoms with van der Waals surface area (Å²) in [6.07, 6.45) is 5.23. The van der Waals surface area contributed by atoms with Crippen LogP contribution in [-0.2, 0) is 11.3 Å². The number of nitrogens with one attached hydrogen (secondary N) is 1. The van der Waals surface area contributed by atoms with Crippen molar-refractivity contribution in [1.29, 1.82) is 0 Å². The number of halogens is 2.